The number of para-hydroxylation sites is 1. The highest BCUT2D eigenvalue weighted by Gasteiger charge is 2.32. The Bertz CT molecular complexity index is 637. The highest BCUT2D eigenvalue weighted by atomic mass is 16.5. The summed E-state index contributed by atoms with van der Waals surface area (Å²) in [6.07, 6.45) is 2.60. The smallest absolute Gasteiger partial charge is 0.123 e. The van der Waals surface area contributed by atoms with Crippen molar-refractivity contribution in [1.29, 1.82) is 0 Å². The van der Waals surface area contributed by atoms with Gasteiger partial charge in [0.15, 0.2) is 0 Å². The lowest BCUT2D eigenvalue weighted by Crippen LogP contribution is -2.23. The van der Waals surface area contributed by atoms with Gasteiger partial charge in [-0.2, -0.15) is 0 Å². The number of ether oxygens (including phenoxy) is 1. The van der Waals surface area contributed by atoms with Crippen molar-refractivity contribution in [2.75, 3.05) is 13.2 Å². The lowest BCUT2D eigenvalue weighted by atomic mass is 9.97. The maximum Gasteiger partial charge on any atom is 0.123 e. The van der Waals surface area contributed by atoms with Crippen LogP contribution in [0.25, 0.3) is 0 Å². The van der Waals surface area contributed by atoms with Crippen molar-refractivity contribution in [2.45, 2.75) is 32.4 Å². The largest absolute Gasteiger partial charge is 0.491 e. The number of aliphatic hydroxyl groups is 1. The van der Waals surface area contributed by atoms with Crippen molar-refractivity contribution < 1.29 is 9.84 Å². The fraction of sp³-hybridized carbons (Fsp3) is 0.400. The number of benzene rings is 2. The molecule has 23 heavy (non-hydrogen) atoms. The molecule has 0 saturated heterocycles. The van der Waals surface area contributed by atoms with Gasteiger partial charge in [0.1, 0.15) is 12.4 Å². The molecule has 1 fully saturated rings. The Morgan fingerprint density at radius 3 is 2.61 bits per heavy atom. The molecule has 0 spiro atoms. The quantitative estimate of drug-likeness (QED) is 0.782. The van der Waals surface area contributed by atoms with E-state index in [2.05, 4.69) is 42.6 Å². The molecule has 0 bridgehead atoms. The average Bonchev–Trinajstić information content (AvgIpc) is 3.40. The number of aryl methyl sites for hydroxylation is 1. The van der Waals surface area contributed by atoms with Crippen molar-refractivity contribution >= 4 is 0 Å². The van der Waals surface area contributed by atoms with E-state index in [1.807, 2.05) is 18.2 Å². The van der Waals surface area contributed by atoms with Crippen LogP contribution in [-0.2, 0) is 6.54 Å². The normalized spacial score (nSPS) is 15.4. The van der Waals surface area contributed by atoms with E-state index in [0.29, 0.717) is 12.6 Å². The highest BCUT2D eigenvalue weighted by Crippen LogP contribution is 2.42. The van der Waals surface area contributed by atoms with Crippen LogP contribution in [0.15, 0.2) is 48.5 Å². The molecule has 1 aliphatic rings. The van der Waals surface area contributed by atoms with E-state index < -0.39 is 0 Å². The zero-order valence-electron chi connectivity index (χ0n) is 13.7. The number of hydrogen-bond donors (Lipinski definition) is 2. The summed E-state index contributed by atoms with van der Waals surface area (Å²) in [4.78, 5) is 0. The van der Waals surface area contributed by atoms with Crippen LogP contribution >= 0.6 is 0 Å². The summed E-state index contributed by atoms with van der Waals surface area (Å²) in [6.45, 7) is 3.33. The third-order valence-corrected chi connectivity index (χ3v) is 4.45. The summed E-state index contributed by atoms with van der Waals surface area (Å²) in [6, 6.07) is 17.1. The molecule has 3 heteroatoms. The van der Waals surface area contributed by atoms with Gasteiger partial charge in [-0.3, -0.25) is 0 Å². The van der Waals surface area contributed by atoms with E-state index in [-0.39, 0.29) is 6.61 Å². The van der Waals surface area contributed by atoms with Crippen LogP contribution in [0.5, 0.6) is 5.75 Å². The first kappa shape index (κ1) is 16.0. The van der Waals surface area contributed by atoms with E-state index in [0.717, 1.165) is 23.8 Å². The lowest BCUT2D eigenvalue weighted by molar-refractivity contribution is 0.200. The summed E-state index contributed by atoms with van der Waals surface area (Å²) < 4.78 is 5.63. The molecular formula is C20H25NO2. The minimum Gasteiger partial charge on any atom is -0.491 e. The predicted octanol–water partition coefficient (Wildman–Crippen LogP) is 3.61. The zero-order chi connectivity index (χ0) is 16.1. The van der Waals surface area contributed by atoms with Crippen molar-refractivity contribution in [3.05, 3.63) is 65.2 Å². The van der Waals surface area contributed by atoms with Gasteiger partial charge in [-0.25, -0.2) is 0 Å². The molecule has 1 unspecified atom stereocenters. The molecule has 122 valence electrons. The first-order chi connectivity index (χ1) is 11.3. The molecule has 1 aliphatic carbocycles. The molecule has 3 nitrogen and oxygen atoms in total. The molecule has 2 aromatic carbocycles. The van der Waals surface area contributed by atoms with Gasteiger partial charge in [0.05, 0.1) is 6.61 Å². The Morgan fingerprint density at radius 2 is 1.87 bits per heavy atom. The molecular weight excluding hydrogens is 286 g/mol. The van der Waals surface area contributed by atoms with Crippen LogP contribution in [0.4, 0.5) is 0 Å². The van der Waals surface area contributed by atoms with E-state index in [9.17, 15) is 0 Å². The second-order valence-electron chi connectivity index (χ2n) is 6.23. The minimum absolute atomic E-state index is 0.0374. The standard InChI is InChI=1S/C20H25NO2/c1-15-6-2-4-8-18(15)20(16-10-11-16)21-14-17-7-3-5-9-19(17)23-13-12-22/h2-9,16,20-22H,10-14H2,1H3. The van der Waals surface area contributed by atoms with Crippen molar-refractivity contribution in [3.8, 4) is 5.75 Å². The van der Waals surface area contributed by atoms with Crippen LogP contribution < -0.4 is 10.1 Å². The predicted molar refractivity (Wildman–Crippen MR) is 92.5 cm³/mol. The molecule has 0 radical (unpaired) electrons. The van der Waals surface area contributed by atoms with Crippen LogP contribution in [0.1, 0.15) is 35.6 Å². The highest BCUT2D eigenvalue weighted by molar-refractivity contribution is 5.34. The monoisotopic (exact) mass is 311 g/mol. The summed E-state index contributed by atoms with van der Waals surface area (Å²) in [5.74, 6) is 1.59. The van der Waals surface area contributed by atoms with Gasteiger partial charge in [-0.05, 0) is 42.9 Å². The first-order valence-electron chi connectivity index (χ1n) is 8.40. The van der Waals surface area contributed by atoms with E-state index in [1.54, 1.807) is 0 Å². The fourth-order valence-electron chi connectivity index (χ4n) is 3.06. The maximum atomic E-state index is 8.96. The second kappa shape index (κ2) is 7.62. The molecule has 2 aromatic rings. The minimum atomic E-state index is 0.0374. The SMILES string of the molecule is Cc1ccccc1C(NCc1ccccc1OCCO)C1CC1. The molecule has 1 saturated carbocycles. The van der Waals surface area contributed by atoms with Gasteiger partial charge in [-0.1, -0.05) is 42.5 Å². The molecule has 1 atom stereocenters. The third kappa shape index (κ3) is 4.12. The van der Waals surface area contributed by atoms with Gasteiger partial charge in [0.25, 0.3) is 0 Å². The fourth-order valence-corrected chi connectivity index (χ4v) is 3.06. The van der Waals surface area contributed by atoms with Crippen LogP contribution in [0.2, 0.25) is 0 Å². The van der Waals surface area contributed by atoms with Crippen LogP contribution in [0.3, 0.4) is 0 Å². The molecule has 2 N–H and O–H groups in total. The molecule has 0 amide bonds. The van der Waals surface area contributed by atoms with Gasteiger partial charge < -0.3 is 15.2 Å². The molecule has 0 aliphatic heterocycles. The van der Waals surface area contributed by atoms with E-state index in [1.165, 1.54) is 24.0 Å². The van der Waals surface area contributed by atoms with E-state index in [4.69, 9.17) is 9.84 Å². The van der Waals surface area contributed by atoms with Crippen molar-refractivity contribution in [3.63, 3.8) is 0 Å². The Balaban J connectivity index is 1.72. The van der Waals surface area contributed by atoms with Gasteiger partial charge in [0, 0.05) is 18.2 Å². The Morgan fingerprint density at radius 1 is 1.13 bits per heavy atom. The number of rotatable bonds is 8. The molecule has 0 aromatic heterocycles. The number of aliphatic hydroxyl groups excluding tert-OH is 1. The summed E-state index contributed by atoms with van der Waals surface area (Å²) >= 11 is 0. The first-order valence-corrected chi connectivity index (χ1v) is 8.40. The Hall–Kier alpha value is -1.84. The van der Waals surface area contributed by atoms with Gasteiger partial charge >= 0.3 is 0 Å². The van der Waals surface area contributed by atoms with Crippen LogP contribution in [0, 0.1) is 12.8 Å². The van der Waals surface area contributed by atoms with Crippen LogP contribution in [-0.4, -0.2) is 18.3 Å². The maximum absolute atomic E-state index is 8.96. The summed E-state index contributed by atoms with van der Waals surface area (Å²) in [5.41, 5.74) is 3.89. The third-order valence-electron chi connectivity index (χ3n) is 4.45. The zero-order valence-corrected chi connectivity index (χ0v) is 13.7. The number of nitrogens with one attached hydrogen (secondary N) is 1. The van der Waals surface area contributed by atoms with Gasteiger partial charge in [0.2, 0.25) is 0 Å². The molecule has 0 heterocycles. The topological polar surface area (TPSA) is 41.5 Å². The van der Waals surface area contributed by atoms with Gasteiger partial charge in [-0.15, -0.1) is 0 Å². The van der Waals surface area contributed by atoms with E-state index >= 15 is 0 Å². The average molecular weight is 311 g/mol. The van der Waals surface area contributed by atoms with Crippen molar-refractivity contribution in [1.82, 2.24) is 5.32 Å². The second-order valence-corrected chi connectivity index (χ2v) is 6.23. The lowest BCUT2D eigenvalue weighted by Gasteiger charge is -2.21. The summed E-state index contributed by atoms with van der Waals surface area (Å²) in [7, 11) is 0. The van der Waals surface area contributed by atoms with Crippen molar-refractivity contribution in [2.24, 2.45) is 5.92 Å². The Kier molecular flexibility index (Phi) is 5.31. The number of hydrogen-bond acceptors (Lipinski definition) is 3. The Labute approximate surface area is 138 Å². The molecule has 3 rings (SSSR count). The summed E-state index contributed by atoms with van der Waals surface area (Å²) in [5, 5.41) is 12.7.